The smallest absolute Gasteiger partial charge is 0.324 e. The molecule has 1 fully saturated rings. The van der Waals surface area contributed by atoms with Crippen molar-refractivity contribution in [3.63, 3.8) is 0 Å². The van der Waals surface area contributed by atoms with E-state index in [0.717, 1.165) is 6.07 Å². The van der Waals surface area contributed by atoms with Gasteiger partial charge in [-0.25, -0.2) is 8.42 Å². The number of alkyl halides is 3. The molecule has 0 aromatic heterocycles. The Morgan fingerprint density at radius 3 is 2.32 bits per heavy atom. The van der Waals surface area contributed by atoms with Crippen LogP contribution in [0, 0.1) is 0 Å². The molecular formula is C19H18Cl2F3N3O3S. The number of carbonyl (C=O) groups is 1. The molecule has 1 saturated heterocycles. The van der Waals surface area contributed by atoms with Gasteiger partial charge in [-0.05, 0) is 30.3 Å². The molecular weight excluding hydrogens is 478 g/mol. The van der Waals surface area contributed by atoms with E-state index in [1.165, 1.54) is 40.7 Å². The number of amides is 1. The van der Waals surface area contributed by atoms with Gasteiger partial charge in [-0.3, -0.25) is 9.69 Å². The van der Waals surface area contributed by atoms with Crippen molar-refractivity contribution in [2.75, 3.05) is 38.0 Å². The van der Waals surface area contributed by atoms with E-state index in [4.69, 9.17) is 23.2 Å². The predicted molar refractivity (Wildman–Crippen MR) is 112 cm³/mol. The van der Waals surface area contributed by atoms with Gasteiger partial charge in [0.2, 0.25) is 15.9 Å². The van der Waals surface area contributed by atoms with Gasteiger partial charge < -0.3 is 5.32 Å². The lowest BCUT2D eigenvalue weighted by atomic mass is 10.1. The molecule has 0 saturated carbocycles. The van der Waals surface area contributed by atoms with Crippen LogP contribution in [0.15, 0.2) is 47.4 Å². The summed E-state index contributed by atoms with van der Waals surface area (Å²) >= 11 is 11.9. The molecule has 2 aromatic carbocycles. The van der Waals surface area contributed by atoms with Gasteiger partial charge in [0.15, 0.2) is 0 Å². The molecule has 0 bridgehead atoms. The van der Waals surface area contributed by atoms with Crippen LogP contribution in [0.2, 0.25) is 10.0 Å². The van der Waals surface area contributed by atoms with E-state index in [0.29, 0.717) is 0 Å². The van der Waals surface area contributed by atoms with E-state index in [2.05, 4.69) is 5.32 Å². The van der Waals surface area contributed by atoms with Crippen molar-refractivity contribution >= 4 is 44.8 Å². The highest BCUT2D eigenvalue weighted by Crippen LogP contribution is 2.34. The zero-order valence-electron chi connectivity index (χ0n) is 16.0. The van der Waals surface area contributed by atoms with Gasteiger partial charge in [-0.2, -0.15) is 17.5 Å². The van der Waals surface area contributed by atoms with Crippen LogP contribution in [0.25, 0.3) is 0 Å². The Morgan fingerprint density at radius 2 is 1.68 bits per heavy atom. The molecule has 0 atom stereocenters. The number of benzene rings is 2. The first kappa shape index (κ1) is 23.8. The molecule has 1 N–H and O–H groups in total. The molecule has 0 radical (unpaired) electrons. The number of hydrogen-bond donors (Lipinski definition) is 1. The number of piperazine rings is 1. The molecule has 12 heteroatoms. The van der Waals surface area contributed by atoms with E-state index in [9.17, 15) is 26.4 Å². The van der Waals surface area contributed by atoms with Gasteiger partial charge in [-0.1, -0.05) is 35.3 Å². The van der Waals surface area contributed by atoms with Crippen molar-refractivity contribution in [1.82, 2.24) is 9.21 Å². The Morgan fingerprint density at radius 1 is 1.03 bits per heavy atom. The molecule has 0 spiro atoms. The molecule has 1 aliphatic heterocycles. The molecule has 2 aromatic rings. The first-order valence-electron chi connectivity index (χ1n) is 9.12. The van der Waals surface area contributed by atoms with E-state index in [1.807, 2.05) is 0 Å². The van der Waals surface area contributed by atoms with Crippen molar-refractivity contribution in [2.24, 2.45) is 0 Å². The highest BCUT2D eigenvalue weighted by molar-refractivity contribution is 7.89. The van der Waals surface area contributed by atoms with Crippen LogP contribution >= 0.6 is 23.2 Å². The maximum Gasteiger partial charge on any atom is 0.418 e. The summed E-state index contributed by atoms with van der Waals surface area (Å²) in [5.74, 6) is -0.620. The summed E-state index contributed by atoms with van der Waals surface area (Å²) in [5.41, 5.74) is -1.26. The van der Waals surface area contributed by atoms with E-state index >= 15 is 0 Å². The summed E-state index contributed by atoms with van der Waals surface area (Å²) in [6.45, 7) is 0.477. The molecule has 168 valence electrons. The number of rotatable bonds is 5. The summed E-state index contributed by atoms with van der Waals surface area (Å²) in [7, 11) is -3.87. The van der Waals surface area contributed by atoms with Crippen molar-refractivity contribution in [2.45, 2.75) is 11.1 Å². The average molecular weight is 496 g/mol. The van der Waals surface area contributed by atoms with Gasteiger partial charge in [0.1, 0.15) is 4.90 Å². The fraction of sp³-hybridized carbons (Fsp3) is 0.316. The minimum Gasteiger partial charge on any atom is -0.324 e. The lowest BCUT2D eigenvalue weighted by Crippen LogP contribution is -2.50. The van der Waals surface area contributed by atoms with E-state index in [-0.39, 0.29) is 53.4 Å². The third kappa shape index (κ3) is 5.69. The number of halogens is 5. The lowest BCUT2D eigenvalue weighted by molar-refractivity contribution is -0.137. The second kappa shape index (κ2) is 9.33. The van der Waals surface area contributed by atoms with Crippen molar-refractivity contribution in [3.8, 4) is 0 Å². The Kier molecular flexibility index (Phi) is 7.17. The summed E-state index contributed by atoms with van der Waals surface area (Å²) in [6.07, 6.45) is -4.59. The third-order valence-corrected chi connectivity index (χ3v) is 7.33. The van der Waals surface area contributed by atoms with Crippen LogP contribution in [-0.2, 0) is 21.0 Å². The first-order chi connectivity index (χ1) is 14.5. The molecule has 1 aliphatic rings. The molecule has 6 nitrogen and oxygen atoms in total. The normalized spacial score (nSPS) is 16.3. The molecule has 3 rings (SSSR count). The second-order valence-corrected chi connectivity index (χ2v) is 9.60. The number of para-hydroxylation sites is 1. The minimum atomic E-state index is -4.59. The minimum absolute atomic E-state index is 0.0505. The maximum absolute atomic E-state index is 13.1. The van der Waals surface area contributed by atoms with E-state index < -0.39 is 27.7 Å². The van der Waals surface area contributed by atoms with Crippen LogP contribution in [-0.4, -0.2) is 56.3 Å². The van der Waals surface area contributed by atoms with Gasteiger partial charge in [-0.15, -0.1) is 0 Å². The monoisotopic (exact) mass is 495 g/mol. The highest BCUT2D eigenvalue weighted by Gasteiger charge is 2.34. The Balaban J connectivity index is 1.61. The van der Waals surface area contributed by atoms with Crippen molar-refractivity contribution in [1.29, 1.82) is 0 Å². The number of sulfonamides is 1. The van der Waals surface area contributed by atoms with Crippen LogP contribution in [0.1, 0.15) is 5.56 Å². The third-order valence-electron chi connectivity index (χ3n) is 4.72. The van der Waals surface area contributed by atoms with Gasteiger partial charge in [0.05, 0.1) is 22.8 Å². The zero-order chi connectivity index (χ0) is 22.8. The highest BCUT2D eigenvalue weighted by atomic mass is 35.5. The molecule has 1 heterocycles. The van der Waals surface area contributed by atoms with Gasteiger partial charge >= 0.3 is 6.18 Å². The predicted octanol–water partition coefficient (Wildman–Crippen LogP) is 3.96. The number of anilines is 1. The van der Waals surface area contributed by atoms with Crippen LogP contribution < -0.4 is 5.32 Å². The Labute approximate surface area is 187 Å². The number of nitrogens with one attached hydrogen (secondary N) is 1. The SMILES string of the molecule is O=C(CN1CCN(S(=O)(=O)c2cc(Cl)ccc2Cl)CC1)Nc1ccccc1C(F)(F)F. The average Bonchev–Trinajstić information content (AvgIpc) is 2.69. The molecule has 31 heavy (non-hydrogen) atoms. The summed E-state index contributed by atoms with van der Waals surface area (Å²) < 4.78 is 66.1. The lowest BCUT2D eigenvalue weighted by Gasteiger charge is -2.33. The molecule has 0 aliphatic carbocycles. The summed E-state index contributed by atoms with van der Waals surface area (Å²) in [5, 5.41) is 2.57. The van der Waals surface area contributed by atoms with Crippen LogP contribution in [0.3, 0.4) is 0 Å². The summed E-state index contributed by atoms with van der Waals surface area (Å²) in [4.78, 5) is 13.8. The largest absolute Gasteiger partial charge is 0.418 e. The van der Waals surface area contributed by atoms with Crippen LogP contribution in [0.4, 0.5) is 18.9 Å². The van der Waals surface area contributed by atoms with Gasteiger partial charge in [0, 0.05) is 31.2 Å². The Bertz CT molecular complexity index is 1070. The first-order valence-corrected chi connectivity index (χ1v) is 11.3. The quantitative estimate of drug-likeness (QED) is 0.681. The van der Waals surface area contributed by atoms with Crippen molar-refractivity contribution in [3.05, 3.63) is 58.1 Å². The fourth-order valence-corrected chi connectivity index (χ4v) is 5.33. The summed E-state index contributed by atoms with van der Waals surface area (Å²) in [6, 6.07) is 8.86. The standard InChI is InChI=1S/C19H18Cl2F3N3O3S/c20-13-5-6-15(21)17(11-13)31(29,30)27-9-7-26(8-10-27)12-18(28)25-16-4-2-1-3-14(16)19(22,23)24/h1-6,11H,7-10,12H2,(H,25,28). The molecule has 1 amide bonds. The number of hydrogen-bond acceptors (Lipinski definition) is 4. The maximum atomic E-state index is 13.1. The molecule has 0 unspecified atom stereocenters. The second-order valence-electron chi connectivity index (χ2n) is 6.85. The van der Waals surface area contributed by atoms with Crippen molar-refractivity contribution < 1.29 is 26.4 Å². The van der Waals surface area contributed by atoms with Crippen LogP contribution in [0.5, 0.6) is 0 Å². The van der Waals surface area contributed by atoms with E-state index in [1.54, 1.807) is 4.90 Å². The Hall–Kier alpha value is -1.85. The fourth-order valence-electron chi connectivity index (χ4n) is 3.17. The zero-order valence-corrected chi connectivity index (χ0v) is 18.3. The number of carbonyl (C=O) groups excluding carboxylic acids is 1. The topological polar surface area (TPSA) is 69.7 Å². The number of nitrogens with zero attached hydrogens (tertiary/aromatic N) is 2. The van der Waals surface area contributed by atoms with Gasteiger partial charge in [0.25, 0.3) is 0 Å².